The van der Waals surface area contributed by atoms with Crippen molar-refractivity contribution in [2.45, 2.75) is 4.30 Å². The minimum Gasteiger partial charge on any atom is -0.344 e. The van der Waals surface area contributed by atoms with Gasteiger partial charge in [0.05, 0.1) is 0 Å². The molecule has 0 saturated carbocycles. The van der Waals surface area contributed by atoms with Gasteiger partial charge in [0, 0.05) is 0 Å². The number of hydrogen-bond donors (Lipinski definition) is 1. The largest absolute Gasteiger partial charge is 0.344 e. The molecule has 0 aliphatic heterocycles. The minimum atomic E-state index is -0.750. The van der Waals surface area contributed by atoms with E-state index in [-0.39, 0.29) is 18.6 Å². The molecule has 0 unspecified atom stereocenters. The minimum absolute atomic E-state index is 0. The summed E-state index contributed by atoms with van der Waals surface area (Å²) in [6.45, 7) is 0. The molecule has 0 atom stereocenters. The molecule has 0 saturated heterocycles. The van der Waals surface area contributed by atoms with Crippen LogP contribution in [-0.2, 0) is 0 Å². The van der Waals surface area contributed by atoms with Gasteiger partial charge in [-0.2, -0.15) is 0 Å². The summed E-state index contributed by atoms with van der Waals surface area (Å²) in [5.74, 6) is 0. The molecule has 0 aromatic rings. The molecular formula is C4H14Cl4N2. The molecule has 3 N–H and O–H groups in total. The third kappa shape index (κ3) is 508. The zero-order valence-electron chi connectivity index (χ0n) is 6.27. The molecule has 0 spiro atoms. The molecule has 0 rings (SSSR count). The van der Waals surface area contributed by atoms with Gasteiger partial charge in [-0.25, -0.2) is 0 Å². The number of hydrogen-bond acceptors (Lipinski definition) is 2. The molecule has 0 radical (unpaired) electrons. The van der Waals surface area contributed by atoms with Gasteiger partial charge in [0.15, 0.2) is 4.30 Å². The number of nitrogens with zero attached hydrogens (tertiary/aromatic N) is 1. The Hall–Kier alpha value is 1.08. The van der Waals surface area contributed by atoms with Crippen LogP contribution in [0.2, 0.25) is 0 Å². The van der Waals surface area contributed by atoms with Gasteiger partial charge in [-0.3, -0.25) is 0 Å². The summed E-state index contributed by atoms with van der Waals surface area (Å²) in [4.78, 5) is 2.00. The maximum atomic E-state index is 4.81. The summed E-state index contributed by atoms with van der Waals surface area (Å²) in [5, 5.41) is 0. The highest BCUT2D eigenvalue weighted by molar-refractivity contribution is 6.63. The first-order valence-electron chi connectivity index (χ1n) is 2.00. The van der Waals surface area contributed by atoms with E-state index in [0.29, 0.717) is 0 Å². The van der Waals surface area contributed by atoms with Crippen LogP contribution in [0.1, 0.15) is 0 Å². The molecule has 0 amide bonds. The second-order valence-corrected chi connectivity index (χ2v) is 3.57. The van der Waals surface area contributed by atoms with Crippen molar-refractivity contribution >= 4 is 47.2 Å². The van der Waals surface area contributed by atoms with E-state index in [1.807, 2.05) is 26.0 Å². The first kappa shape index (κ1) is 22.5. The van der Waals surface area contributed by atoms with E-state index in [4.69, 9.17) is 34.8 Å². The smallest absolute Gasteiger partial charge is 0.180 e. The molecular weight excluding hydrogens is 218 g/mol. The highest BCUT2D eigenvalue weighted by Crippen LogP contribution is 2.03. The summed E-state index contributed by atoms with van der Waals surface area (Å²) in [6.07, 6.45) is 0. The molecule has 0 fully saturated rings. The van der Waals surface area contributed by atoms with E-state index in [1.165, 1.54) is 0 Å². The Balaban J connectivity index is -0.0000000300. The van der Waals surface area contributed by atoms with Gasteiger partial charge in [-0.15, -0.1) is 12.4 Å². The lowest BCUT2D eigenvalue weighted by atomic mass is 11.0. The van der Waals surface area contributed by atoms with Crippen molar-refractivity contribution < 1.29 is 0 Å². The molecule has 0 aliphatic rings. The molecule has 10 heavy (non-hydrogen) atoms. The monoisotopic (exact) mass is 230 g/mol. The van der Waals surface area contributed by atoms with Crippen LogP contribution in [0.25, 0.3) is 0 Å². The lowest BCUT2D eigenvalue weighted by molar-refractivity contribution is 0.505. The van der Waals surface area contributed by atoms with Crippen molar-refractivity contribution in [2.75, 3.05) is 21.1 Å². The molecule has 0 aromatic heterocycles. The van der Waals surface area contributed by atoms with Crippen LogP contribution in [0, 0.1) is 0 Å². The average Bonchev–Trinajstić information content (AvgIpc) is 1.25. The number of halogens is 4. The van der Waals surface area contributed by atoms with Crippen molar-refractivity contribution in [1.82, 2.24) is 11.1 Å². The molecule has 68 valence electrons. The fourth-order valence-electron chi connectivity index (χ4n) is 0. The fourth-order valence-corrected chi connectivity index (χ4v) is 0. The van der Waals surface area contributed by atoms with Crippen molar-refractivity contribution in [2.24, 2.45) is 0 Å². The van der Waals surface area contributed by atoms with E-state index in [9.17, 15) is 0 Å². The van der Waals surface area contributed by atoms with Gasteiger partial charge in [-0.05, 0) is 21.1 Å². The van der Waals surface area contributed by atoms with Crippen LogP contribution in [0.5, 0.6) is 0 Å². The van der Waals surface area contributed by atoms with Gasteiger partial charge in [0.1, 0.15) is 0 Å². The Labute approximate surface area is 83.8 Å². The van der Waals surface area contributed by atoms with Crippen molar-refractivity contribution in [3.63, 3.8) is 0 Å². The summed E-state index contributed by atoms with van der Waals surface area (Å²) in [6, 6.07) is 0. The molecule has 0 heterocycles. The van der Waals surface area contributed by atoms with E-state index in [1.54, 1.807) is 0 Å². The van der Waals surface area contributed by atoms with Crippen LogP contribution in [0.4, 0.5) is 0 Å². The summed E-state index contributed by atoms with van der Waals surface area (Å²) < 4.78 is -0.750. The Morgan fingerprint density at radius 1 is 1.00 bits per heavy atom. The average molecular weight is 232 g/mol. The lowest BCUT2D eigenvalue weighted by Crippen LogP contribution is -1.99. The Bertz CT molecular complexity index is 30.7. The normalized spacial score (nSPS) is 7.20. The maximum Gasteiger partial charge on any atom is 0.180 e. The SMILES string of the molecule is CN(C)C.Cl.ClC(Cl)Cl.N. The zero-order valence-corrected chi connectivity index (χ0v) is 9.36. The van der Waals surface area contributed by atoms with E-state index < -0.39 is 4.30 Å². The second kappa shape index (κ2) is 16.6. The van der Waals surface area contributed by atoms with Crippen LogP contribution in [-0.4, -0.2) is 30.3 Å². The van der Waals surface area contributed by atoms with Crippen molar-refractivity contribution in [1.29, 1.82) is 0 Å². The fraction of sp³-hybridized carbons (Fsp3) is 1.00. The molecule has 2 nitrogen and oxygen atoms in total. The van der Waals surface area contributed by atoms with Gasteiger partial charge >= 0.3 is 0 Å². The van der Waals surface area contributed by atoms with E-state index in [0.717, 1.165) is 0 Å². The Kier molecular flexibility index (Phi) is 37.2. The van der Waals surface area contributed by atoms with Gasteiger partial charge in [0.25, 0.3) is 0 Å². The van der Waals surface area contributed by atoms with Crippen LogP contribution >= 0.6 is 47.2 Å². The standard InChI is InChI=1S/C3H9N.CHCl3.ClH.H3N/c1-4(2)3;2-1(3)4;;/h1-3H3;1H;1H;1H3. The Morgan fingerprint density at radius 3 is 1.00 bits per heavy atom. The third-order valence-corrected chi connectivity index (χ3v) is 0. The maximum absolute atomic E-state index is 4.81. The summed E-state index contributed by atoms with van der Waals surface area (Å²) in [5.41, 5.74) is 0. The van der Waals surface area contributed by atoms with Crippen LogP contribution in [0.15, 0.2) is 0 Å². The first-order chi connectivity index (χ1) is 3.46. The Morgan fingerprint density at radius 2 is 1.00 bits per heavy atom. The number of rotatable bonds is 0. The third-order valence-electron chi connectivity index (χ3n) is 0. The molecule has 0 aromatic carbocycles. The second-order valence-electron chi connectivity index (χ2n) is 1.59. The lowest BCUT2D eigenvalue weighted by Gasteiger charge is -1.90. The zero-order chi connectivity index (χ0) is 7.15. The highest BCUT2D eigenvalue weighted by Gasteiger charge is 1.78. The van der Waals surface area contributed by atoms with Gasteiger partial charge in [0.2, 0.25) is 0 Å². The van der Waals surface area contributed by atoms with Crippen LogP contribution in [0.3, 0.4) is 0 Å². The molecule has 0 aliphatic carbocycles. The van der Waals surface area contributed by atoms with Crippen molar-refractivity contribution in [3.05, 3.63) is 0 Å². The first-order valence-corrected chi connectivity index (χ1v) is 3.31. The predicted octanol–water partition coefficient (Wildman–Crippen LogP) is 2.75. The summed E-state index contributed by atoms with van der Waals surface area (Å²) in [7, 11) is 6.00. The molecule has 6 heteroatoms. The quantitative estimate of drug-likeness (QED) is 0.652. The van der Waals surface area contributed by atoms with Gasteiger partial charge in [-0.1, -0.05) is 34.8 Å². The molecule has 0 bridgehead atoms. The van der Waals surface area contributed by atoms with E-state index in [2.05, 4.69) is 0 Å². The summed E-state index contributed by atoms with van der Waals surface area (Å²) >= 11 is 14.4. The highest BCUT2D eigenvalue weighted by atomic mass is 35.6. The topological polar surface area (TPSA) is 38.2 Å². The van der Waals surface area contributed by atoms with Crippen molar-refractivity contribution in [3.8, 4) is 0 Å². The van der Waals surface area contributed by atoms with Gasteiger partial charge < -0.3 is 11.1 Å². The predicted molar refractivity (Wildman–Crippen MR) is 53.2 cm³/mol. The van der Waals surface area contributed by atoms with Crippen LogP contribution < -0.4 is 6.15 Å². The van der Waals surface area contributed by atoms with E-state index >= 15 is 0 Å². The number of alkyl halides is 3.